The summed E-state index contributed by atoms with van der Waals surface area (Å²) in [6.07, 6.45) is -2.05. The molecule has 1 fully saturated rings. The first kappa shape index (κ1) is 21.0. The second kappa shape index (κ2) is 7.97. The lowest BCUT2D eigenvalue weighted by atomic mass is 9.92. The number of esters is 1. The fourth-order valence-corrected chi connectivity index (χ4v) is 3.72. The monoisotopic (exact) mass is 515 g/mol. The predicted octanol–water partition coefficient (Wildman–Crippen LogP) is 2.46. The Morgan fingerprint density at radius 2 is 2.10 bits per heavy atom. The second-order valence-corrected chi connectivity index (χ2v) is 7.24. The van der Waals surface area contributed by atoms with Crippen LogP contribution in [0.3, 0.4) is 0 Å². The molecule has 10 nitrogen and oxygen atoms in total. The van der Waals surface area contributed by atoms with E-state index < -0.39 is 40.9 Å². The van der Waals surface area contributed by atoms with Crippen LogP contribution in [-0.4, -0.2) is 37.4 Å². The zero-order valence-corrected chi connectivity index (χ0v) is 17.1. The Morgan fingerprint density at radius 3 is 2.69 bits per heavy atom. The van der Waals surface area contributed by atoms with Crippen molar-refractivity contribution in [1.82, 2.24) is 9.55 Å². The molecule has 1 aliphatic rings. The zero-order chi connectivity index (χ0) is 21.2. The Labute approximate surface area is 176 Å². The van der Waals surface area contributed by atoms with Crippen LogP contribution < -0.4 is 11.2 Å². The first-order valence-electron chi connectivity index (χ1n) is 8.31. The van der Waals surface area contributed by atoms with Crippen LogP contribution in [0, 0.1) is 0 Å². The van der Waals surface area contributed by atoms with Gasteiger partial charge in [-0.1, -0.05) is 45.9 Å². The molecule has 1 aromatic carbocycles. The molecule has 0 radical (unpaired) electrons. The molecule has 29 heavy (non-hydrogen) atoms. The van der Waals surface area contributed by atoms with Gasteiger partial charge in [0.1, 0.15) is 5.54 Å². The van der Waals surface area contributed by atoms with Crippen molar-refractivity contribution in [3.63, 3.8) is 0 Å². The van der Waals surface area contributed by atoms with E-state index in [4.69, 9.17) is 15.0 Å². The summed E-state index contributed by atoms with van der Waals surface area (Å²) in [5, 5.41) is 3.63. The molecule has 1 aromatic heterocycles. The Hall–Kier alpha value is -2.70. The van der Waals surface area contributed by atoms with Crippen LogP contribution in [0.5, 0.6) is 0 Å². The van der Waals surface area contributed by atoms with E-state index in [0.717, 1.165) is 16.8 Å². The number of carbonyl (C=O) groups is 1. The fraction of sp³-hybridized carbons (Fsp3) is 0.353. The number of rotatable bonds is 5. The molecule has 2 aromatic rings. The Morgan fingerprint density at radius 1 is 1.41 bits per heavy atom. The fourth-order valence-electron chi connectivity index (χ4n) is 3.14. The van der Waals surface area contributed by atoms with Gasteiger partial charge in [-0.25, -0.2) is 14.0 Å². The van der Waals surface area contributed by atoms with Crippen LogP contribution in [0.25, 0.3) is 10.4 Å². The number of azide groups is 1. The molecule has 12 heteroatoms. The average molecular weight is 515 g/mol. The largest absolute Gasteiger partial charge is 0.452 e. The molecule has 0 spiro atoms. The smallest absolute Gasteiger partial charge is 0.338 e. The maximum atomic E-state index is 15.7. The molecule has 152 valence electrons. The van der Waals surface area contributed by atoms with Crippen LogP contribution >= 0.6 is 22.6 Å². The number of alkyl halides is 2. The lowest BCUT2D eigenvalue weighted by Gasteiger charge is -2.31. The van der Waals surface area contributed by atoms with Crippen LogP contribution in [0.1, 0.15) is 23.5 Å². The summed E-state index contributed by atoms with van der Waals surface area (Å²) in [5.74, 6) is -3.41. The molecule has 0 saturated carbocycles. The molecule has 1 saturated heterocycles. The number of ether oxygens (including phenoxy) is 2. The van der Waals surface area contributed by atoms with E-state index in [9.17, 15) is 14.4 Å². The van der Waals surface area contributed by atoms with Crippen LogP contribution in [0.2, 0.25) is 0 Å². The molecule has 2 heterocycles. The van der Waals surface area contributed by atoms with Crippen molar-refractivity contribution < 1.29 is 18.7 Å². The van der Waals surface area contributed by atoms with Crippen LogP contribution in [0.15, 0.2) is 57.3 Å². The van der Waals surface area contributed by atoms with E-state index in [1.165, 1.54) is 19.1 Å². The quantitative estimate of drug-likeness (QED) is 0.163. The number of nitrogens with one attached hydrogen (secondary N) is 1. The van der Waals surface area contributed by atoms with Gasteiger partial charge in [0.05, 0.1) is 9.99 Å². The van der Waals surface area contributed by atoms with Gasteiger partial charge in [-0.05, 0) is 24.6 Å². The molecule has 0 amide bonds. The lowest BCUT2D eigenvalue weighted by Crippen LogP contribution is -2.50. The lowest BCUT2D eigenvalue weighted by molar-refractivity contribution is -0.170. The normalized spacial score (nSPS) is 28.5. The molecule has 4 atom stereocenters. The highest BCUT2D eigenvalue weighted by Gasteiger charge is 2.65. The zero-order valence-electron chi connectivity index (χ0n) is 15.0. The third-order valence-corrected chi connectivity index (χ3v) is 5.55. The number of hydrogen-bond donors (Lipinski definition) is 1. The number of hydrogen-bond acceptors (Lipinski definition) is 6. The summed E-state index contributed by atoms with van der Waals surface area (Å²) in [7, 11) is 0. The van der Waals surface area contributed by atoms with E-state index in [1.54, 1.807) is 40.8 Å². The third kappa shape index (κ3) is 3.78. The van der Waals surface area contributed by atoms with Crippen LogP contribution in [0.4, 0.5) is 4.39 Å². The molecule has 0 bridgehead atoms. The number of aromatic amines is 1. The van der Waals surface area contributed by atoms with Gasteiger partial charge < -0.3 is 9.47 Å². The van der Waals surface area contributed by atoms with E-state index in [-0.39, 0.29) is 9.99 Å². The van der Waals surface area contributed by atoms with E-state index in [1.807, 2.05) is 4.98 Å². The van der Waals surface area contributed by atoms with Gasteiger partial charge in [0, 0.05) is 17.2 Å². The Balaban J connectivity index is 2.09. The van der Waals surface area contributed by atoms with Gasteiger partial charge in [0.15, 0.2) is 12.3 Å². The maximum Gasteiger partial charge on any atom is 0.338 e. The number of benzene rings is 1. The number of halogens is 2. The highest BCUT2D eigenvalue weighted by Crippen LogP contribution is 2.49. The van der Waals surface area contributed by atoms with Gasteiger partial charge in [-0.2, -0.15) is 0 Å². The number of carbonyl (C=O) groups excluding carboxylic acids is 1. The van der Waals surface area contributed by atoms with Gasteiger partial charge >= 0.3 is 11.7 Å². The first-order chi connectivity index (χ1) is 13.7. The SMILES string of the molecule is C[C@]1(N=[N+]=[N-])[C@H](n2ccc(=O)[nH]c2=O)O[C@](F)(CI)[C@H]1OC(=O)c1ccccc1. The molecule has 3 rings (SSSR count). The topological polar surface area (TPSA) is 139 Å². The molecular weight excluding hydrogens is 500 g/mol. The average Bonchev–Trinajstić information content (AvgIpc) is 2.91. The van der Waals surface area contributed by atoms with Gasteiger partial charge in [0.25, 0.3) is 11.4 Å². The minimum absolute atomic E-state index is 0.163. The number of H-pyrrole nitrogens is 1. The summed E-state index contributed by atoms with van der Waals surface area (Å²) in [6, 6.07) is 8.92. The molecule has 0 unspecified atom stereocenters. The van der Waals surface area contributed by atoms with Gasteiger partial charge in [-0.15, -0.1) is 0 Å². The second-order valence-electron chi connectivity index (χ2n) is 6.47. The summed E-state index contributed by atoms with van der Waals surface area (Å²) in [6.45, 7) is 1.31. The molecule has 1 N–H and O–H groups in total. The van der Waals surface area contributed by atoms with Crippen molar-refractivity contribution in [1.29, 1.82) is 0 Å². The summed E-state index contributed by atoms with van der Waals surface area (Å²) >= 11 is 1.70. The molecule has 0 aliphatic carbocycles. The highest BCUT2D eigenvalue weighted by molar-refractivity contribution is 14.1. The maximum absolute atomic E-state index is 15.7. The molecule has 1 aliphatic heterocycles. The highest BCUT2D eigenvalue weighted by atomic mass is 127. The minimum atomic E-state index is -2.56. The van der Waals surface area contributed by atoms with Crippen molar-refractivity contribution in [3.8, 4) is 0 Å². The Bertz CT molecular complexity index is 1090. The van der Waals surface area contributed by atoms with Crippen molar-refractivity contribution in [3.05, 3.63) is 79.4 Å². The molecular formula is C17H15FIN5O5. The minimum Gasteiger partial charge on any atom is -0.452 e. The van der Waals surface area contributed by atoms with Crippen molar-refractivity contribution in [2.45, 2.75) is 30.6 Å². The summed E-state index contributed by atoms with van der Waals surface area (Å²) in [4.78, 5) is 40.9. The van der Waals surface area contributed by atoms with E-state index in [0.29, 0.717) is 0 Å². The van der Waals surface area contributed by atoms with E-state index in [2.05, 4.69) is 10.0 Å². The predicted molar refractivity (Wildman–Crippen MR) is 107 cm³/mol. The van der Waals surface area contributed by atoms with Gasteiger partial charge in [0.2, 0.25) is 0 Å². The van der Waals surface area contributed by atoms with Gasteiger partial charge in [-0.3, -0.25) is 14.3 Å². The summed E-state index contributed by atoms with van der Waals surface area (Å²) in [5.41, 5.74) is 5.85. The first-order valence-corrected chi connectivity index (χ1v) is 9.84. The van der Waals surface area contributed by atoms with E-state index >= 15 is 4.39 Å². The third-order valence-electron chi connectivity index (χ3n) is 4.51. The standard InChI is InChI=1S/C17H15FIN5O5/c1-16(22-23-20)13(28-12(26)10-5-3-2-4-6-10)17(18,9-19)29-14(16)24-8-7-11(25)21-15(24)27/h2-8,13-14H,9H2,1H3,(H,21,25,27)/t13-,14+,16+,17+/m0/s1. The Kier molecular flexibility index (Phi) is 5.78. The number of aromatic nitrogens is 2. The number of nitrogens with zero attached hydrogens (tertiary/aromatic N) is 4. The van der Waals surface area contributed by atoms with Crippen molar-refractivity contribution in [2.75, 3.05) is 4.43 Å². The summed E-state index contributed by atoms with van der Waals surface area (Å²) < 4.78 is 27.1. The van der Waals surface area contributed by atoms with Crippen molar-refractivity contribution in [2.24, 2.45) is 5.11 Å². The van der Waals surface area contributed by atoms with Crippen molar-refractivity contribution >= 4 is 28.6 Å². The van der Waals surface area contributed by atoms with Crippen LogP contribution in [-0.2, 0) is 9.47 Å².